The number of nitrogens with two attached hydrogens (primary N) is 2. The fourth-order valence-electron chi connectivity index (χ4n) is 1.000. The lowest BCUT2D eigenvalue weighted by atomic mass is 10.1. The van der Waals surface area contributed by atoms with Crippen LogP contribution in [0.2, 0.25) is 5.02 Å². The predicted octanol–water partition coefficient (Wildman–Crippen LogP) is 0.816. The Morgan fingerprint density at radius 2 is 1.67 bits per heavy atom. The van der Waals surface area contributed by atoms with Crippen molar-refractivity contribution >= 4 is 23.4 Å². The van der Waals surface area contributed by atoms with Gasteiger partial charge in [-0.1, -0.05) is 11.6 Å². The van der Waals surface area contributed by atoms with Gasteiger partial charge in [0.15, 0.2) is 11.6 Å². The van der Waals surface area contributed by atoms with Crippen LogP contribution >= 0.6 is 11.6 Å². The van der Waals surface area contributed by atoms with Crippen LogP contribution in [0.1, 0.15) is 20.7 Å². The maximum atomic E-state index is 13.3. The summed E-state index contributed by atoms with van der Waals surface area (Å²) in [5.41, 5.74) is 7.76. The number of carbonyl (C=O) groups is 2. The van der Waals surface area contributed by atoms with E-state index in [0.717, 1.165) is 0 Å². The van der Waals surface area contributed by atoms with Crippen LogP contribution in [0.3, 0.4) is 0 Å². The molecule has 1 aromatic carbocycles. The molecule has 0 aliphatic heterocycles. The van der Waals surface area contributed by atoms with Crippen molar-refractivity contribution in [2.75, 3.05) is 0 Å². The molecule has 0 aliphatic rings. The molecule has 0 saturated heterocycles. The summed E-state index contributed by atoms with van der Waals surface area (Å²) < 4.78 is 26.4. The Labute approximate surface area is 87.8 Å². The van der Waals surface area contributed by atoms with Crippen molar-refractivity contribution in [2.45, 2.75) is 0 Å². The third-order valence-corrected chi connectivity index (χ3v) is 1.94. The molecule has 0 atom stereocenters. The van der Waals surface area contributed by atoms with E-state index in [2.05, 4.69) is 0 Å². The Morgan fingerprint density at radius 1 is 1.13 bits per heavy atom. The first-order valence-corrected chi connectivity index (χ1v) is 4.01. The van der Waals surface area contributed by atoms with Gasteiger partial charge < -0.3 is 11.5 Å². The number of hydrogen-bond donors (Lipinski definition) is 2. The van der Waals surface area contributed by atoms with Crippen molar-refractivity contribution in [1.29, 1.82) is 0 Å². The van der Waals surface area contributed by atoms with E-state index in [1.54, 1.807) is 0 Å². The van der Waals surface area contributed by atoms with E-state index in [1.165, 1.54) is 0 Å². The summed E-state index contributed by atoms with van der Waals surface area (Å²) in [4.78, 5) is 21.4. The second-order valence-corrected chi connectivity index (χ2v) is 3.04. The molecular formula is C8H5ClF2N2O2. The number of halogens is 3. The van der Waals surface area contributed by atoms with E-state index in [1.807, 2.05) is 0 Å². The van der Waals surface area contributed by atoms with E-state index in [9.17, 15) is 18.4 Å². The monoisotopic (exact) mass is 234 g/mol. The Balaban J connectivity index is 3.63. The van der Waals surface area contributed by atoms with Gasteiger partial charge in [-0.3, -0.25) is 9.59 Å². The first-order chi connectivity index (χ1) is 6.86. The Hall–Kier alpha value is -1.69. The molecular weight excluding hydrogens is 230 g/mol. The molecule has 7 heteroatoms. The SMILES string of the molecule is NC(=O)c1cc(Cl)c(F)c(C(N)=O)c1F. The summed E-state index contributed by atoms with van der Waals surface area (Å²) in [7, 11) is 0. The fraction of sp³-hybridized carbons (Fsp3) is 0. The van der Waals surface area contributed by atoms with Crippen LogP contribution in [0.25, 0.3) is 0 Å². The predicted molar refractivity (Wildman–Crippen MR) is 48.4 cm³/mol. The third kappa shape index (κ3) is 1.89. The number of carbonyl (C=O) groups excluding carboxylic acids is 2. The molecule has 4 nitrogen and oxygen atoms in total. The molecule has 0 aromatic heterocycles. The third-order valence-electron chi connectivity index (χ3n) is 1.67. The standard InChI is InChI=1S/C8H5ClF2N2O2/c9-3-1-2(7(12)14)5(10)4(6(3)11)8(13)15/h1H,(H2,12,14)(H2,13,15). The zero-order chi connectivity index (χ0) is 11.7. The maximum absolute atomic E-state index is 13.3. The van der Waals surface area contributed by atoms with Crippen LogP contribution < -0.4 is 11.5 Å². The highest BCUT2D eigenvalue weighted by molar-refractivity contribution is 6.31. The molecule has 0 unspecified atom stereocenters. The van der Waals surface area contributed by atoms with Crippen molar-refractivity contribution < 1.29 is 18.4 Å². The topological polar surface area (TPSA) is 86.2 Å². The minimum absolute atomic E-state index is 0.598. The molecule has 0 aliphatic carbocycles. The van der Waals surface area contributed by atoms with Crippen molar-refractivity contribution in [1.82, 2.24) is 0 Å². The van der Waals surface area contributed by atoms with E-state index in [-0.39, 0.29) is 0 Å². The summed E-state index contributed by atoms with van der Waals surface area (Å²) in [6, 6.07) is 0.695. The molecule has 1 rings (SSSR count). The van der Waals surface area contributed by atoms with Crippen LogP contribution in [0.15, 0.2) is 6.07 Å². The van der Waals surface area contributed by atoms with Gasteiger partial charge in [-0.25, -0.2) is 8.78 Å². The second-order valence-electron chi connectivity index (χ2n) is 2.64. The van der Waals surface area contributed by atoms with Crippen molar-refractivity contribution in [2.24, 2.45) is 11.5 Å². The number of hydrogen-bond acceptors (Lipinski definition) is 2. The van der Waals surface area contributed by atoms with Crippen molar-refractivity contribution in [3.8, 4) is 0 Å². The van der Waals surface area contributed by atoms with Crippen molar-refractivity contribution in [3.05, 3.63) is 33.9 Å². The Morgan fingerprint density at radius 3 is 2.07 bits per heavy atom. The number of benzene rings is 1. The lowest BCUT2D eigenvalue weighted by Crippen LogP contribution is -2.21. The van der Waals surface area contributed by atoms with Gasteiger partial charge in [0.05, 0.1) is 10.6 Å². The number of amides is 2. The lowest BCUT2D eigenvalue weighted by Gasteiger charge is -2.06. The second kappa shape index (κ2) is 3.82. The van der Waals surface area contributed by atoms with Crippen LogP contribution in [0, 0.1) is 11.6 Å². The molecule has 80 valence electrons. The van der Waals surface area contributed by atoms with Gasteiger partial charge in [-0.15, -0.1) is 0 Å². The van der Waals surface area contributed by atoms with Crippen molar-refractivity contribution in [3.63, 3.8) is 0 Å². The highest BCUT2D eigenvalue weighted by Gasteiger charge is 2.23. The van der Waals surface area contributed by atoms with Crippen LogP contribution in [-0.4, -0.2) is 11.8 Å². The van der Waals surface area contributed by atoms with Crippen LogP contribution in [-0.2, 0) is 0 Å². The smallest absolute Gasteiger partial charge is 0.254 e. The first kappa shape index (κ1) is 11.4. The molecule has 4 N–H and O–H groups in total. The minimum atomic E-state index is -1.41. The quantitative estimate of drug-likeness (QED) is 0.742. The van der Waals surface area contributed by atoms with Gasteiger partial charge >= 0.3 is 0 Å². The highest BCUT2D eigenvalue weighted by Crippen LogP contribution is 2.24. The summed E-state index contributed by atoms with van der Waals surface area (Å²) in [6.07, 6.45) is 0. The molecule has 0 bridgehead atoms. The molecule has 15 heavy (non-hydrogen) atoms. The average Bonchev–Trinajstić information content (AvgIpc) is 2.10. The van der Waals surface area contributed by atoms with E-state index < -0.39 is 39.6 Å². The van der Waals surface area contributed by atoms with E-state index in [4.69, 9.17) is 23.1 Å². The van der Waals surface area contributed by atoms with Crippen LogP contribution in [0.5, 0.6) is 0 Å². The molecule has 0 spiro atoms. The zero-order valence-corrected chi connectivity index (χ0v) is 7.94. The van der Waals surface area contributed by atoms with Crippen LogP contribution in [0.4, 0.5) is 8.78 Å². The van der Waals surface area contributed by atoms with Gasteiger partial charge in [0.1, 0.15) is 5.56 Å². The first-order valence-electron chi connectivity index (χ1n) is 3.63. The lowest BCUT2D eigenvalue weighted by molar-refractivity contribution is 0.0990. The summed E-state index contributed by atoms with van der Waals surface area (Å²) in [5, 5.41) is -0.598. The van der Waals surface area contributed by atoms with Gasteiger partial charge in [-0.2, -0.15) is 0 Å². The fourth-order valence-corrected chi connectivity index (χ4v) is 1.20. The molecule has 0 saturated carbocycles. The Bertz CT molecular complexity index is 462. The van der Waals surface area contributed by atoms with Gasteiger partial charge in [-0.05, 0) is 6.07 Å². The molecule has 1 aromatic rings. The maximum Gasteiger partial charge on any atom is 0.254 e. The average molecular weight is 235 g/mol. The largest absolute Gasteiger partial charge is 0.366 e. The number of primary amides is 2. The highest BCUT2D eigenvalue weighted by atomic mass is 35.5. The molecule has 0 radical (unpaired) electrons. The molecule has 0 fully saturated rings. The minimum Gasteiger partial charge on any atom is -0.366 e. The van der Waals surface area contributed by atoms with E-state index in [0.29, 0.717) is 6.07 Å². The van der Waals surface area contributed by atoms with Gasteiger partial charge in [0, 0.05) is 0 Å². The summed E-state index contributed by atoms with van der Waals surface area (Å²) >= 11 is 5.32. The van der Waals surface area contributed by atoms with Gasteiger partial charge in [0.2, 0.25) is 0 Å². The molecule has 2 amide bonds. The Kier molecular flexibility index (Phi) is 2.90. The van der Waals surface area contributed by atoms with E-state index >= 15 is 0 Å². The summed E-state index contributed by atoms with van der Waals surface area (Å²) in [6.45, 7) is 0. The van der Waals surface area contributed by atoms with Gasteiger partial charge in [0.25, 0.3) is 11.8 Å². The zero-order valence-electron chi connectivity index (χ0n) is 7.18. The molecule has 0 heterocycles. The summed E-state index contributed by atoms with van der Waals surface area (Å²) in [5.74, 6) is -5.25. The normalized spacial score (nSPS) is 10.1. The number of rotatable bonds is 2.